The van der Waals surface area contributed by atoms with Crippen molar-refractivity contribution in [1.82, 2.24) is 4.98 Å². The van der Waals surface area contributed by atoms with Gasteiger partial charge in [0, 0.05) is 18.5 Å². The lowest BCUT2D eigenvalue weighted by Gasteiger charge is -2.21. The summed E-state index contributed by atoms with van der Waals surface area (Å²) in [5.74, 6) is 1.06. The van der Waals surface area contributed by atoms with Gasteiger partial charge in [-0.25, -0.2) is 4.98 Å². The summed E-state index contributed by atoms with van der Waals surface area (Å²) in [4.78, 5) is 21.4. The van der Waals surface area contributed by atoms with Crippen LogP contribution in [0.1, 0.15) is 29.3 Å². The Hall–Kier alpha value is -2.64. The number of nitrogens with one attached hydrogen (secondary N) is 1. The highest BCUT2D eigenvalue weighted by Gasteiger charge is 2.23. The molecule has 0 radical (unpaired) electrons. The number of ether oxygens (including phenoxy) is 2. The number of carbonyl (C=O) groups excluding carboxylic acids is 1. The third-order valence-electron chi connectivity index (χ3n) is 5.01. The highest BCUT2D eigenvalue weighted by atomic mass is 32.1. The van der Waals surface area contributed by atoms with Gasteiger partial charge in [0.25, 0.3) is 5.91 Å². The lowest BCUT2D eigenvalue weighted by atomic mass is 10.1. The summed E-state index contributed by atoms with van der Waals surface area (Å²) < 4.78 is 11.8. The Morgan fingerprint density at radius 2 is 1.87 bits per heavy atom. The fourth-order valence-corrected chi connectivity index (χ4v) is 4.35. The molecule has 0 fully saturated rings. The number of carbonyl (C=O) groups is 1. The predicted molar refractivity (Wildman–Crippen MR) is 123 cm³/mol. The zero-order valence-electron chi connectivity index (χ0n) is 18.3. The number of hydrogen-bond donors (Lipinski definition) is 1. The predicted octanol–water partition coefficient (Wildman–Crippen LogP) is 3.06. The van der Waals surface area contributed by atoms with Crippen molar-refractivity contribution in [3.05, 3.63) is 47.5 Å². The summed E-state index contributed by atoms with van der Waals surface area (Å²) >= 11 is 1.57. The second-order valence-electron chi connectivity index (χ2n) is 7.49. The van der Waals surface area contributed by atoms with Crippen LogP contribution >= 0.6 is 11.3 Å². The molecule has 1 heterocycles. The zero-order valence-corrected chi connectivity index (χ0v) is 19.1. The van der Waals surface area contributed by atoms with Crippen LogP contribution in [0.4, 0.5) is 5.13 Å². The number of aromatic nitrogens is 1. The van der Waals surface area contributed by atoms with Crippen LogP contribution in [0.5, 0.6) is 11.5 Å². The van der Waals surface area contributed by atoms with Crippen LogP contribution in [0, 0.1) is 0 Å². The Balaban J connectivity index is 1.96. The molecule has 0 saturated heterocycles. The molecule has 3 aromatic rings. The molecule has 160 valence electrons. The van der Waals surface area contributed by atoms with E-state index >= 15 is 0 Å². The van der Waals surface area contributed by atoms with Crippen molar-refractivity contribution in [2.45, 2.75) is 19.8 Å². The minimum atomic E-state index is -0.0838. The third kappa shape index (κ3) is 4.91. The molecule has 30 heavy (non-hydrogen) atoms. The van der Waals surface area contributed by atoms with Crippen LogP contribution in [-0.2, 0) is 6.42 Å². The molecule has 0 unspecified atom stereocenters. The summed E-state index contributed by atoms with van der Waals surface area (Å²) in [6.07, 6.45) is 1.86. The molecular weight excluding hydrogens is 398 g/mol. The fraction of sp³-hybridized carbons (Fsp3) is 0.391. The molecule has 0 aliphatic carbocycles. The smallest absolute Gasteiger partial charge is 0.260 e. The van der Waals surface area contributed by atoms with Crippen molar-refractivity contribution >= 4 is 32.6 Å². The maximum Gasteiger partial charge on any atom is 0.260 e. The summed E-state index contributed by atoms with van der Waals surface area (Å²) in [5.41, 5.74) is 2.75. The van der Waals surface area contributed by atoms with E-state index in [1.807, 2.05) is 6.07 Å². The quantitative estimate of drug-likeness (QED) is 0.569. The van der Waals surface area contributed by atoms with Crippen molar-refractivity contribution < 1.29 is 19.2 Å². The van der Waals surface area contributed by atoms with Gasteiger partial charge in [-0.1, -0.05) is 24.3 Å². The van der Waals surface area contributed by atoms with E-state index in [0.29, 0.717) is 23.6 Å². The molecule has 0 saturated carbocycles. The van der Waals surface area contributed by atoms with Crippen LogP contribution in [-0.4, -0.2) is 52.3 Å². The second kappa shape index (κ2) is 9.91. The number of fused-ring (bicyclic) bond motifs is 1. The van der Waals surface area contributed by atoms with Crippen molar-refractivity contribution in [3.63, 3.8) is 0 Å². The van der Waals surface area contributed by atoms with Gasteiger partial charge < -0.3 is 14.4 Å². The first kappa shape index (κ1) is 22.1. The summed E-state index contributed by atoms with van der Waals surface area (Å²) in [5, 5.41) is 0.729. The Labute approximate surface area is 182 Å². The van der Waals surface area contributed by atoms with E-state index < -0.39 is 0 Å². The number of hydrogen-bond acceptors (Lipinski definition) is 5. The van der Waals surface area contributed by atoms with Gasteiger partial charge in [-0.2, -0.15) is 0 Å². The SMILES string of the molecule is CCc1ccc2nc(N(CCC[NH+](C)C)C(=O)c3ccc(OC)c(OC)c3)sc2c1. The molecule has 0 bridgehead atoms. The molecule has 1 amide bonds. The highest BCUT2D eigenvalue weighted by molar-refractivity contribution is 7.22. The third-order valence-corrected chi connectivity index (χ3v) is 6.06. The molecule has 7 heteroatoms. The summed E-state index contributed by atoms with van der Waals surface area (Å²) in [6, 6.07) is 11.6. The first-order valence-corrected chi connectivity index (χ1v) is 11.0. The average molecular weight is 429 g/mol. The minimum absolute atomic E-state index is 0.0838. The van der Waals surface area contributed by atoms with Gasteiger partial charge in [-0.3, -0.25) is 9.69 Å². The largest absolute Gasteiger partial charge is 0.493 e. The van der Waals surface area contributed by atoms with Gasteiger partial charge in [-0.15, -0.1) is 0 Å². The van der Waals surface area contributed by atoms with Gasteiger partial charge in [0.2, 0.25) is 0 Å². The van der Waals surface area contributed by atoms with Crippen LogP contribution in [0.3, 0.4) is 0 Å². The van der Waals surface area contributed by atoms with E-state index in [9.17, 15) is 4.79 Å². The molecule has 0 aliphatic rings. The maximum atomic E-state index is 13.5. The molecular formula is C23H30N3O3S+. The Morgan fingerprint density at radius 1 is 1.10 bits per heavy atom. The molecule has 0 spiro atoms. The van der Waals surface area contributed by atoms with E-state index in [4.69, 9.17) is 14.5 Å². The van der Waals surface area contributed by atoms with Gasteiger partial charge in [-0.05, 0) is 42.3 Å². The average Bonchev–Trinajstić information content (AvgIpc) is 3.18. The minimum Gasteiger partial charge on any atom is -0.493 e. The number of rotatable bonds is 9. The molecule has 0 atom stereocenters. The van der Waals surface area contributed by atoms with Crippen LogP contribution in [0.25, 0.3) is 10.2 Å². The molecule has 1 aromatic heterocycles. The van der Waals surface area contributed by atoms with E-state index in [1.165, 1.54) is 10.5 Å². The first-order valence-electron chi connectivity index (χ1n) is 10.2. The maximum absolute atomic E-state index is 13.5. The van der Waals surface area contributed by atoms with Crippen LogP contribution in [0.15, 0.2) is 36.4 Å². The van der Waals surface area contributed by atoms with Gasteiger partial charge in [0.15, 0.2) is 16.6 Å². The molecule has 0 aliphatic heterocycles. The molecule has 2 aromatic carbocycles. The number of thiazole rings is 1. The normalized spacial score (nSPS) is 11.1. The van der Waals surface area contributed by atoms with Crippen LogP contribution < -0.4 is 19.3 Å². The lowest BCUT2D eigenvalue weighted by molar-refractivity contribution is -0.858. The van der Waals surface area contributed by atoms with Gasteiger partial charge in [0.1, 0.15) is 0 Å². The number of anilines is 1. The monoisotopic (exact) mass is 428 g/mol. The summed E-state index contributed by atoms with van der Waals surface area (Å²) in [7, 11) is 7.39. The van der Waals surface area contributed by atoms with E-state index in [2.05, 4.69) is 33.2 Å². The number of nitrogens with zero attached hydrogens (tertiary/aromatic N) is 2. The van der Waals surface area contributed by atoms with Crippen molar-refractivity contribution in [2.24, 2.45) is 0 Å². The van der Waals surface area contributed by atoms with E-state index in [0.717, 1.165) is 34.7 Å². The fourth-order valence-electron chi connectivity index (χ4n) is 3.29. The topological polar surface area (TPSA) is 56.1 Å². The zero-order chi connectivity index (χ0) is 21.7. The highest BCUT2D eigenvalue weighted by Crippen LogP contribution is 2.32. The molecule has 3 rings (SSSR count). The molecule has 6 nitrogen and oxygen atoms in total. The lowest BCUT2D eigenvalue weighted by Crippen LogP contribution is -3.05. The van der Waals surface area contributed by atoms with E-state index in [1.54, 1.807) is 48.7 Å². The van der Waals surface area contributed by atoms with Gasteiger partial charge in [0.05, 0.1) is 45.1 Å². The summed E-state index contributed by atoms with van der Waals surface area (Å²) in [6.45, 7) is 3.72. The second-order valence-corrected chi connectivity index (χ2v) is 8.50. The first-order chi connectivity index (χ1) is 14.5. The number of quaternary nitrogens is 1. The standard InChI is InChI=1S/C23H29N3O3S/c1-6-16-8-10-18-21(14-16)30-23(24-18)26(13-7-12-25(2)3)22(27)17-9-11-19(28-4)20(15-17)29-5/h8-11,14-15H,6-7,12-13H2,1-5H3/p+1. The molecule has 1 N–H and O–H groups in total. The van der Waals surface area contributed by atoms with Crippen LogP contribution in [0.2, 0.25) is 0 Å². The Morgan fingerprint density at radius 3 is 2.53 bits per heavy atom. The Bertz CT molecular complexity index is 1020. The number of methoxy groups -OCH3 is 2. The number of benzene rings is 2. The van der Waals surface area contributed by atoms with Crippen molar-refractivity contribution in [3.8, 4) is 11.5 Å². The van der Waals surface area contributed by atoms with Crippen molar-refractivity contribution in [1.29, 1.82) is 0 Å². The van der Waals surface area contributed by atoms with Gasteiger partial charge >= 0.3 is 0 Å². The van der Waals surface area contributed by atoms with Crippen molar-refractivity contribution in [2.75, 3.05) is 46.3 Å². The van der Waals surface area contributed by atoms with E-state index in [-0.39, 0.29) is 5.91 Å². The number of aryl methyl sites for hydroxylation is 1. The Kier molecular flexibility index (Phi) is 7.29. The number of amides is 1.